The molecule has 0 aliphatic carbocycles. The van der Waals surface area contributed by atoms with Gasteiger partial charge in [0.15, 0.2) is 0 Å². The van der Waals surface area contributed by atoms with E-state index in [1.165, 1.54) is 0 Å². The second kappa shape index (κ2) is 7.47. The second-order valence-electron chi connectivity index (χ2n) is 7.85. The lowest BCUT2D eigenvalue weighted by molar-refractivity contribution is -0.122. The molecule has 0 saturated carbocycles. The topological polar surface area (TPSA) is 67.5 Å². The Bertz CT molecular complexity index is 1290. The summed E-state index contributed by atoms with van der Waals surface area (Å²) < 4.78 is 7.43. The number of carbonyl (C=O) groups is 2. The number of para-hydroxylation sites is 1. The van der Waals surface area contributed by atoms with Gasteiger partial charge < -0.3 is 19.2 Å². The fourth-order valence-corrected chi connectivity index (χ4v) is 4.55. The number of nitrogens with zero attached hydrogens (tertiary/aromatic N) is 2. The Labute approximate surface area is 180 Å². The number of hydrogen-bond acceptors (Lipinski definition) is 3. The van der Waals surface area contributed by atoms with Gasteiger partial charge in [-0.3, -0.25) is 9.59 Å². The SMILES string of the molecule is Cc1c(C2c3ccccc3C(=O)N2CC(=O)NCc2ccco2)c2ccccc2n1C. The van der Waals surface area contributed by atoms with Crippen molar-refractivity contribution in [1.82, 2.24) is 14.8 Å². The largest absolute Gasteiger partial charge is 0.467 e. The smallest absolute Gasteiger partial charge is 0.255 e. The molecule has 2 aromatic carbocycles. The summed E-state index contributed by atoms with van der Waals surface area (Å²) in [7, 11) is 2.03. The Morgan fingerprint density at radius 1 is 1.06 bits per heavy atom. The average molecular weight is 413 g/mol. The number of aryl methyl sites for hydroxylation is 1. The molecule has 6 nitrogen and oxygen atoms in total. The van der Waals surface area contributed by atoms with Gasteiger partial charge >= 0.3 is 0 Å². The van der Waals surface area contributed by atoms with Crippen molar-refractivity contribution >= 4 is 22.7 Å². The predicted octanol–water partition coefficient (Wildman–Crippen LogP) is 3.94. The van der Waals surface area contributed by atoms with Crippen LogP contribution in [0.15, 0.2) is 71.3 Å². The van der Waals surface area contributed by atoms with E-state index in [9.17, 15) is 9.59 Å². The molecule has 5 rings (SSSR count). The average Bonchev–Trinajstić information content (AvgIpc) is 3.46. The quantitative estimate of drug-likeness (QED) is 0.539. The van der Waals surface area contributed by atoms with Crippen LogP contribution in [-0.2, 0) is 18.4 Å². The number of amides is 2. The summed E-state index contributed by atoms with van der Waals surface area (Å²) in [6.07, 6.45) is 1.57. The van der Waals surface area contributed by atoms with Gasteiger partial charge in [0.25, 0.3) is 5.91 Å². The predicted molar refractivity (Wildman–Crippen MR) is 118 cm³/mol. The number of fused-ring (bicyclic) bond motifs is 2. The van der Waals surface area contributed by atoms with Gasteiger partial charge in [0.1, 0.15) is 12.3 Å². The maximum Gasteiger partial charge on any atom is 0.255 e. The van der Waals surface area contributed by atoms with Crippen LogP contribution in [0.4, 0.5) is 0 Å². The lowest BCUT2D eigenvalue weighted by Crippen LogP contribution is -2.39. The fraction of sp³-hybridized carbons (Fsp3) is 0.200. The van der Waals surface area contributed by atoms with Crippen LogP contribution in [0.25, 0.3) is 10.9 Å². The minimum absolute atomic E-state index is 0.0262. The number of nitrogens with one attached hydrogen (secondary N) is 1. The molecule has 1 atom stereocenters. The molecule has 2 amide bonds. The molecular formula is C25H23N3O3. The Kier molecular flexibility index (Phi) is 4.62. The van der Waals surface area contributed by atoms with Crippen LogP contribution in [0, 0.1) is 6.92 Å². The summed E-state index contributed by atoms with van der Waals surface area (Å²) in [4.78, 5) is 27.8. The second-order valence-corrected chi connectivity index (χ2v) is 7.85. The molecule has 0 fully saturated rings. The molecule has 6 heteroatoms. The maximum absolute atomic E-state index is 13.3. The molecule has 0 radical (unpaired) electrons. The molecule has 4 aromatic rings. The van der Waals surface area contributed by atoms with Gasteiger partial charge in [-0.2, -0.15) is 0 Å². The summed E-state index contributed by atoms with van der Waals surface area (Å²) in [6, 6.07) is 19.1. The molecular weight excluding hydrogens is 390 g/mol. The van der Waals surface area contributed by atoms with Gasteiger partial charge in [-0.25, -0.2) is 0 Å². The van der Waals surface area contributed by atoms with Crippen molar-refractivity contribution in [2.24, 2.45) is 7.05 Å². The maximum atomic E-state index is 13.3. The molecule has 31 heavy (non-hydrogen) atoms. The lowest BCUT2D eigenvalue weighted by Gasteiger charge is -2.26. The van der Waals surface area contributed by atoms with Crippen LogP contribution < -0.4 is 5.32 Å². The van der Waals surface area contributed by atoms with Crippen LogP contribution in [0.1, 0.15) is 39.0 Å². The highest BCUT2D eigenvalue weighted by molar-refractivity contribution is 6.02. The molecule has 1 N–H and O–H groups in total. The van der Waals surface area contributed by atoms with Crippen LogP contribution in [0.3, 0.4) is 0 Å². The van der Waals surface area contributed by atoms with Gasteiger partial charge in [-0.1, -0.05) is 36.4 Å². The van der Waals surface area contributed by atoms with E-state index < -0.39 is 0 Å². The summed E-state index contributed by atoms with van der Waals surface area (Å²) in [5, 5.41) is 3.95. The van der Waals surface area contributed by atoms with Crippen molar-refractivity contribution in [2.75, 3.05) is 6.54 Å². The third kappa shape index (κ3) is 3.11. The van der Waals surface area contributed by atoms with Gasteiger partial charge in [-0.15, -0.1) is 0 Å². The van der Waals surface area contributed by atoms with Crippen LogP contribution >= 0.6 is 0 Å². The molecule has 0 spiro atoms. The summed E-state index contributed by atoms with van der Waals surface area (Å²) in [5.74, 6) is 0.326. The lowest BCUT2D eigenvalue weighted by atomic mass is 9.95. The third-order valence-corrected chi connectivity index (χ3v) is 6.13. The molecule has 2 aromatic heterocycles. The highest BCUT2D eigenvalue weighted by Crippen LogP contribution is 2.43. The molecule has 156 valence electrons. The number of benzene rings is 2. The Morgan fingerprint density at radius 3 is 2.65 bits per heavy atom. The zero-order valence-corrected chi connectivity index (χ0v) is 17.5. The molecule has 1 aliphatic rings. The number of furan rings is 1. The number of hydrogen-bond donors (Lipinski definition) is 1. The minimum Gasteiger partial charge on any atom is -0.467 e. The monoisotopic (exact) mass is 413 g/mol. The van der Waals surface area contributed by atoms with Crippen molar-refractivity contribution in [1.29, 1.82) is 0 Å². The van der Waals surface area contributed by atoms with E-state index in [1.807, 2.05) is 43.4 Å². The molecule has 0 saturated heterocycles. The first-order valence-corrected chi connectivity index (χ1v) is 10.3. The third-order valence-electron chi connectivity index (χ3n) is 6.13. The van der Waals surface area contributed by atoms with E-state index in [-0.39, 0.29) is 24.4 Å². The van der Waals surface area contributed by atoms with Crippen molar-refractivity contribution in [3.8, 4) is 0 Å². The summed E-state index contributed by atoms with van der Waals surface area (Å²) >= 11 is 0. The van der Waals surface area contributed by atoms with E-state index in [0.29, 0.717) is 17.9 Å². The summed E-state index contributed by atoms with van der Waals surface area (Å²) in [5.41, 5.74) is 4.84. The molecule has 3 heterocycles. The van der Waals surface area contributed by atoms with Gasteiger partial charge in [-0.05, 0) is 36.8 Å². The molecule has 1 aliphatic heterocycles. The Hall–Kier alpha value is -3.80. The van der Waals surface area contributed by atoms with Crippen molar-refractivity contribution < 1.29 is 14.0 Å². The number of rotatable bonds is 5. The summed E-state index contributed by atoms with van der Waals surface area (Å²) in [6.45, 7) is 2.33. The van der Waals surface area contributed by atoms with E-state index in [0.717, 1.165) is 27.7 Å². The van der Waals surface area contributed by atoms with E-state index in [4.69, 9.17) is 4.42 Å². The standard InChI is InChI=1S/C25H23N3O3/c1-16-23(20-11-5-6-12-21(20)27(16)2)24-18-9-3-4-10-19(18)25(30)28(24)15-22(29)26-14-17-8-7-13-31-17/h3-13,24H,14-15H2,1-2H3,(H,26,29). The van der Waals surface area contributed by atoms with Gasteiger partial charge in [0.2, 0.25) is 5.91 Å². The first-order chi connectivity index (χ1) is 15.1. The van der Waals surface area contributed by atoms with Gasteiger partial charge in [0.05, 0.1) is 18.8 Å². The van der Waals surface area contributed by atoms with Crippen LogP contribution in [-0.4, -0.2) is 27.8 Å². The van der Waals surface area contributed by atoms with E-state index in [1.54, 1.807) is 23.3 Å². The minimum atomic E-state index is -0.316. The van der Waals surface area contributed by atoms with Gasteiger partial charge in [0, 0.05) is 34.8 Å². The van der Waals surface area contributed by atoms with Crippen molar-refractivity contribution in [3.05, 3.63) is 95.1 Å². The molecule has 0 bridgehead atoms. The Morgan fingerprint density at radius 2 is 1.84 bits per heavy atom. The number of carbonyl (C=O) groups excluding carboxylic acids is 2. The van der Waals surface area contributed by atoms with E-state index in [2.05, 4.69) is 28.9 Å². The van der Waals surface area contributed by atoms with Crippen molar-refractivity contribution in [3.63, 3.8) is 0 Å². The number of aromatic nitrogens is 1. The van der Waals surface area contributed by atoms with Crippen LogP contribution in [0.5, 0.6) is 0 Å². The Balaban J connectivity index is 1.54. The zero-order chi connectivity index (χ0) is 21.5. The fourth-order valence-electron chi connectivity index (χ4n) is 4.55. The normalized spacial score (nSPS) is 15.5. The van der Waals surface area contributed by atoms with Crippen molar-refractivity contribution in [2.45, 2.75) is 19.5 Å². The molecule has 1 unspecified atom stereocenters. The van der Waals surface area contributed by atoms with E-state index >= 15 is 0 Å². The zero-order valence-electron chi connectivity index (χ0n) is 17.5. The van der Waals surface area contributed by atoms with Crippen LogP contribution in [0.2, 0.25) is 0 Å². The highest BCUT2D eigenvalue weighted by atomic mass is 16.3. The first kappa shape index (κ1) is 19.2. The first-order valence-electron chi connectivity index (χ1n) is 10.3. The highest BCUT2D eigenvalue weighted by Gasteiger charge is 2.40.